The molecule has 3 aliphatic heterocycles. The molecule has 1 saturated heterocycles. The van der Waals surface area contributed by atoms with E-state index in [0.29, 0.717) is 48.7 Å². The third-order valence-corrected chi connectivity index (χ3v) is 7.71. The fourth-order valence-corrected chi connectivity index (χ4v) is 5.90. The second-order valence-electron chi connectivity index (χ2n) is 10.9. The van der Waals surface area contributed by atoms with Gasteiger partial charge in [-0.25, -0.2) is 0 Å². The smallest absolute Gasteiger partial charge is 0.290 e. The van der Waals surface area contributed by atoms with Gasteiger partial charge in [0.25, 0.3) is 5.91 Å². The molecule has 4 aliphatic rings. The molecule has 0 bridgehead atoms. The van der Waals surface area contributed by atoms with E-state index in [4.69, 9.17) is 18.9 Å². The van der Waals surface area contributed by atoms with Crippen LogP contribution < -0.4 is 9.47 Å². The largest absolute Gasteiger partial charge is 0.493 e. The maximum absolute atomic E-state index is 13.9. The molecule has 7 nitrogen and oxygen atoms in total. The number of ether oxygens (including phenoxy) is 4. The van der Waals surface area contributed by atoms with Crippen LogP contribution in [-0.4, -0.2) is 55.7 Å². The lowest BCUT2D eigenvalue weighted by Gasteiger charge is -2.37. The molecule has 1 aliphatic carbocycles. The lowest BCUT2D eigenvalue weighted by atomic mass is 9.74. The summed E-state index contributed by atoms with van der Waals surface area (Å²) in [4.78, 5) is 29.3. The standard InChI is InChI=1S/C28H37NO6/c1-16(2)15-34-22-10-8-18(13-23(22)32-4)25-24-26(30)20-12-17(3)7-9-21(20)35-27(24)28(31)29(25)14-19-6-5-11-33-19/h8,10,13,16-17,19-21,25H,5-7,9,11-12,14-15H2,1-4H3. The van der Waals surface area contributed by atoms with Gasteiger partial charge in [0.05, 0.1) is 37.4 Å². The molecule has 0 N–H and O–H groups in total. The van der Waals surface area contributed by atoms with Crippen molar-refractivity contribution in [2.45, 2.75) is 71.1 Å². The second kappa shape index (κ2) is 9.84. The molecule has 5 atom stereocenters. The van der Waals surface area contributed by atoms with Gasteiger partial charge in [-0.2, -0.15) is 0 Å². The van der Waals surface area contributed by atoms with Crippen molar-refractivity contribution in [2.75, 3.05) is 26.9 Å². The van der Waals surface area contributed by atoms with Crippen molar-refractivity contribution in [1.82, 2.24) is 4.90 Å². The first-order chi connectivity index (χ1) is 16.9. The average Bonchev–Trinajstić information content (AvgIpc) is 3.45. The Morgan fingerprint density at radius 2 is 1.97 bits per heavy atom. The molecule has 7 heteroatoms. The molecule has 2 fully saturated rings. The van der Waals surface area contributed by atoms with Crippen LogP contribution in [0.2, 0.25) is 0 Å². The zero-order valence-corrected chi connectivity index (χ0v) is 21.2. The van der Waals surface area contributed by atoms with E-state index < -0.39 is 6.04 Å². The van der Waals surface area contributed by atoms with Crippen LogP contribution in [0.5, 0.6) is 11.5 Å². The summed E-state index contributed by atoms with van der Waals surface area (Å²) in [5, 5.41) is 0. The zero-order chi connectivity index (χ0) is 24.7. The predicted molar refractivity (Wildman–Crippen MR) is 130 cm³/mol. The molecule has 1 saturated carbocycles. The molecular weight excluding hydrogens is 446 g/mol. The minimum atomic E-state index is -0.513. The Labute approximate surface area is 207 Å². The normalized spacial score (nSPS) is 30.4. The Bertz CT molecular complexity index is 1010. The average molecular weight is 484 g/mol. The lowest BCUT2D eigenvalue weighted by Crippen LogP contribution is -2.41. The molecule has 0 spiro atoms. The van der Waals surface area contributed by atoms with E-state index in [0.717, 1.165) is 37.7 Å². The lowest BCUT2D eigenvalue weighted by molar-refractivity contribution is -0.136. The molecule has 1 amide bonds. The van der Waals surface area contributed by atoms with E-state index in [9.17, 15) is 9.59 Å². The van der Waals surface area contributed by atoms with E-state index in [1.54, 1.807) is 12.0 Å². The summed E-state index contributed by atoms with van der Waals surface area (Å²) in [5.74, 6) is 2.02. The second-order valence-corrected chi connectivity index (χ2v) is 10.9. The van der Waals surface area contributed by atoms with E-state index in [2.05, 4.69) is 20.8 Å². The first kappa shape index (κ1) is 24.2. The molecule has 35 heavy (non-hydrogen) atoms. The van der Waals surface area contributed by atoms with E-state index in [1.165, 1.54) is 0 Å². The number of methoxy groups -OCH3 is 1. The van der Waals surface area contributed by atoms with Crippen molar-refractivity contribution in [3.63, 3.8) is 0 Å². The fraction of sp³-hybridized carbons (Fsp3) is 0.643. The number of fused-ring (bicyclic) bond motifs is 1. The maximum atomic E-state index is 13.9. The quantitative estimate of drug-likeness (QED) is 0.571. The Hall–Kier alpha value is -2.54. The van der Waals surface area contributed by atoms with Gasteiger partial charge in [-0.05, 0) is 61.6 Å². The van der Waals surface area contributed by atoms with Gasteiger partial charge in [0.1, 0.15) is 6.10 Å². The van der Waals surface area contributed by atoms with Crippen LogP contribution in [0, 0.1) is 17.8 Å². The highest BCUT2D eigenvalue weighted by Gasteiger charge is 2.53. The Balaban J connectivity index is 1.53. The SMILES string of the molecule is COc1cc(C2C3=C(OC4CCC(C)CC4C3=O)C(=O)N2CC2CCCO2)ccc1OCC(C)C. The predicted octanol–water partition coefficient (Wildman–Crippen LogP) is 4.45. The monoisotopic (exact) mass is 483 g/mol. The van der Waals surface area contributed by atoms with Crippen molar-refractivity contribution < 1.29 is 28.5 Å². The molecule has 1 aromatic rings. The first-order valence-electron chi connectivity index (χ1n) is 13.1. The Morgan fingerprint density at radius 3 is 2.69 bits per heavy atom. The highest BCUT2D eigenvalue weighted by Crippen LogP contribution is 2.48. The van der Waals surface area contributed by atoms with Crippen LogP contribution in [0.4, 0.5) is 0 Å². The summed E-state index contributed by atoms with van der Waals surface area (Å²) in [6, 6.07) is 5.20. The van der Waals surface area contributed by atoms with Crippen LogP contribution >= 0.6 is 0 Å². The highest BCUT2D eigenvalue weighted by molar-refractivity contribution is 6.11. The van der Waals surface area contributed by atoms with Crippen molar-refractivity contribution in [3.8, 4) is 11.5 Å². The summed E-state index contributed by atoms with van der Waals surface area (Å²) in [7, 11) is 1.61. The summed E-state index contributed by atoms with van der Waals surface area (Å²) in [6.45, 7) is 8.09. The zero-order valence-electron chi connectivity index (χ0n) is 21.2. The number of nitrogens with zero attached hydrogens (tertiary/aromatic N) is 1. The fourth-order valence-electron chi connectivity index (χ4n) is 5.90. The van der Waals surface area contributed by atoms with Crippen LogP contribution in [0.1, 0.15) is 64.5 Å². The molecule has 5 unspecified atom stereocenters. The van der Waals surface area contributed by atoms with Crippen LogP contribution in [0.15, 0.2) is 29.5 Å². The maximum Gasteiger partial charge on any atom is 0.290 e. The first-order valence-corrected chi connectivity index (χ1v) is 13.1. The summed E-state index contributed by atoms with van der Waals surface area (Å²) in [5.41, 5.74) is 1.33. The van der Waals surface area contributed by atoms with Gasteiger partial charge in [-0.1, -0.05) is 26.8 Å². The molecule has 1 aromatic carbocycles. The van der Waals surface area contributed by atoms with Gasteiger partial charge >= 0.3 is 0 Å². The van der Waals surface area contributed by atoms with Gasteiger partial charge in [-0.3, -0.25) is 9.59 Å². The van der Waals surface area contributed by atoms with Gasteiger partial charge in [0.15, 0.2) is 23.0 Å². The summed E-state index contributed by atoms with van der Waals surface area (Å²) >= 11 is 0. The number of amides is 1. The molecule has 3 heterocycles. The molecule has 190 valence electrons. The third-order valence-electron chi connectivity index (χ3n) is 7.71. The number of carbonyl (C=O) groups is 2. The van der Waals surface area contributed by atoms with Gasteiger partial charge < -0.3 is 23.8 Å². The number of rotatable bonds is 7. The van der Waals surface area contributed by atoms with Crippen molar-refractivity contribution in [3.05, 3.63) is 35.1 Å². The van der Waals surface area contributed by atoms with Crippen LogP contribution in [0.3, 0.4) is 0 Å². The Morgan fingerprint density at radius 1 is 1.14 bits per heavy atom. The number of Topliss-reactive ketones (excluding diaryl/α,β-unsaturated/α-hetero) is 1. The molecular formula is C28H37NO6. The summed E-state index contributed by atoms with van der Waals surface area (Å²) < 4.78 is 23.8. The number of benzene rings is 1. The number of carbonyl (C=O) groups excluding carboxylic acids is 2. The highest BCUT2D eigenvalue weighted by atomic mass is 16.5. The minimum absolute atomic E-state index is 0.0317. The van der Waals surface area contributed by atoms with E-state index >= 15 is 0 Å². The van der Waals surface area contributed by atoms with Crippen molar-refractivity contribution >= 4 is 11.7 Å². The molecule has 0 aromatic heterocycles. The number of hydrogen-bond acceptors (Lipinski definition) is 6. The van der Waals surface area contributed by atoms with Crippen LogP contribution in [0.25, 0.3) is 0 Å². The minimum Gasteiger partial charge on any atom is -0.493 e. The third kappa shape index (κ3) is 4.55. The summed E-state index contributed by atoms with van der Waals surface area (Å²) in [6.07, 6.45) is 4.29. The van der Waals surface area contributed by atoms with Crippen molar-refractivity contribution in [2.24, 2.45) is 17.8 Å². The van der Waals surface area contributed by atoms with Gasteiger partial charge in [-0.15, -0.1) is 0 Å². The molecule has 5 rings (SSSR count). The van der Waals surface area contributed by atoms with Gasteiger partial charge in [0.2, 0.25) is 0 Å². The van der Waals surface area contributed by atoms with Gasteiger partial charge in [0, 0.05) is 13.2 Å². The number of hydrogen-bond donors (Lipinski definition) is 0. The Kier molecular flexibility index (Phi) is 6.80. The molecule has 0 radical (unpaired) electrons. The number of ketones is 1. The van der Waals surface area contributed by atoms with E-state index in [1.807, 2.05) is 18.2 Å². The topological polar surface area (TPSA) is 74.3 Å². The van der Waals surface area contributed by atoms with Crippen molar-refractivity contribution in [1.29, 1.82) is 0 Å². The van der Waals surface area contributed by atoms with Crippen LogP contribution in [-0.2, 0) is 19.1 Å². The van der Waals surface area contributed by atoms with E-state index in [-0.39, 0.29) is 35.6 Å².